The molecule has 4 heterocycles. The molecule has 2 aromatic heterocycles. The van der Waals surface area contributed by atoms with E-state index in [4.69, 9.17) is 9.47 Å². The van der Waals surface area contributed by atoms with Gasteiger partial charge in [-0.3, -0.25) is 4.79 Å². The van der Waals surface area contributed by atoms with Crippen LogP contribution in [0.15, 0.2) is 30.6 Å². The first-order chi connectivity index (χ1) is 14.7. The zero-order chi connectivity index (χ0) is 20.5. The minimum absolute atomic E-state index is 0.0135. The Morgan fingerprint density at radius 1 is 1.17 bits per heavy atom. The molecule has 1 amide bonds. The van der Waals surface area contributed by atoms with Crippen molar-refractivity contribution in [3.8, 4) is 11.5 Å². The second-order valence-electron chi connectivity index (χ2n) is 7.59. The lowest BCUT2D eigenvalue weighted by Gasteiger charge is -2.32. The van der Waals surface area contributed by atoms with Crippen molar-refractivity contribution in [2.24, 2.45) is 5.92 Å². The monoisotopic (exact) mass is 424 g/mol. The van der Waals surface area contributed by atoms with Crippen molar-refractivity contribution in [1.29, 1.82) is 0 Å². The summed E-state index contributed by atoms with van der Waals surface area (Å²) in [6, 6.07) is 7.75. The van der Waals surface area contributed by atoms with Crippen molar-refractivity contribution in [2.75, 3.05) is 36.5 Å². The van der Waals surface area contributed by atoms with Gasteiger partial charge in [0.15, 0.2) is 11.5 Å². The fourth-order valence-electron chi connectivity index (χ4n) is 4.04. The highest BCUT2D eigenvalue weighted by Crippen LogP contribution is 2.34. The van der Waals surface area contributed by atoms with Gasteiger partial charge in [0.1, 0.15) is 30.2 Å². The molecule has 0 saturated carbocycles. The van der Waals surface area contributed by atoms with Gasteiger partial charge in [0.25, 0.3) is 0 Å². The number of aryl methyl sites for hydroxylation is 1. The number of amides is 1. The largest absolute Gasteiger partial charge is 0.486 e. The maximum absolute atomic E-state index is 12.8. The van der Waals surface area contributed by atoms with Gasteiger partial charge < -0.3 is 19.7 Å². The number of piperidine rings is 1. The molecule has 1 fully saturated rings. The van der Waals surface area contributed by atoms with Gasteiger partial charge in [-0.1, -0.05) is 6.92 Å². The van der Waals surface area contributed by atoms with Crippen molar-refractivity contribution in [3.05, 3.63) is 35.5 Å². The Hall–Kier alpha value is -2.87. The molecule has 0 bridgehead atoms. The SMILES string of the molecule is CCc1cc2c(N3CCC(C(=O)Nc4ccc5c(c4)OCCO5)CC3)ncnc2s1. The molecule has 1 N–H and O–H groups in total. The van der Waals surface area contributed by atoms with E-state index in [1.165, 1.54) is 4.88 Å². The smallest absolute Gasteiger partial charge is 0.227 e. The van der Waals surface area contributed by atoms with Gasteiger partial charge in [0, 0.05) is 35.6 Å². The molecule has 1 saturated heterocycles. The molecule has 2 aliphatic rings. The molecule has 0 radical (unpaired) electrons. The summed E-state index contributed by atoms with van der Waals surface area (Å²) in [6.07, 6.45) is 4.25. The Kier molecular flexibility index (Phi) is 5.16. The van der Waals surface area contributed by atoms with E-state index in [0.717, 1.165) is 59.8 Å². The van der Waals surface area contributed by atoms with Crippen LogP contribution in [0.5, 0.6) is 11.5 Å². The Labute approximate surface area is 179 Å². The summed E-state index contributed by atoms with van der Waals surface area (Å²) < 4.78 is 11.1. The van der Waals surface area contributed by atoms with Crippen LogP contribution >= 0.6 is 11.3 Å². The number of ether oxygens (including phenoxy) is 2. The Bertz CT molecular complexity index is 1080. The lowest BCUT2D eigenvalue weighted by Crippen LogP contribution is -2.38. The van der Waals surface area contributed by atoms with Crippen LogP contribution in [-0.2, 0) is 11.2 Å². The number of nitrogens with zero attached hydrogens (tertiary/aromatic N) is 3. The van der Waals surface area contributed by atoms with Crippen molar-refractivity contribution in [1.82, 2.24) is 9.97 Å². The van der Waals surface area contributed by atoms with Crippen LogP contribution in [0.2, 0.25) is 0 Å². The van der Waals surface area contributed by atoms with Gasteiger partial charge >= 0.3 is 0 Å². The molecule has 0 unspecified atom stereocenters. The quantitative estimate of drug-likeness (QED) is 0.685. The number of thiophene rings is 1. The number of rotatable bonds is 4. The van der Waals surface area contributed by atoms with Gasteiger partial charge in [-0.25, -0.2) is 9.97 Å². The number of benzene rings is 1. The Morgan fingerprint density at radius 2 is 1.97 bits per heavy atom. The maximum Gasteiger partial charge on any atom is 0.227 e. The number of carbonyl (C=O) groups excluding carboxylic acids is 1. The van der Waals surface area contributed by atoms with E-state index in [0.29, 0.717) is 19.0 Å². The molecular formula is C22H24N4O3S. The third kappa shape index (κ3) is 3.67. The van der Waals surface area contributed by atoms with Gasteiger partial charge in [-0.2, -0.15) is 0 Å². The third-order valence-corrected chi connectivity index (χ3v) is 6.87. The summed E-state index contributed by atoms with van der Waals surface area (Å²) >= 11 is 1.73. The third-order valence-electron chi connectivity index (χ3n) is 5.68. The topological polar surface area (TPSA) is 76.6 Å². The highest BCUT2D eigenvalue weighted by molar-refractivity contribution is 7.18. The zero-order valence-corrected chi connectivity index (χ0v) is 17.7. The van der Waals surface area contributed by atoms with Crippen molar-refractivity contribution in [3.63, 3.8) is 0 Å². The Balaban J connectivity index is 1.24. The number of hydrogen-bond donors (Lipinski definition) is 1. The molecular weight excluding hydrogens is 400 g/mol. The number of aromatic nitrogens is 2. The van der Waals surface area contributed by atoms with E-state index in [1.54, 1.807) is 17.7 Å². The zero-order valence-electron chi connectivity index (χ0n) is 16.9. The number of fused-ring (bicyclic) bond motifs is 2. The van der Waals surface area contributed by atoms with Crippen LogP contribution in [0.25, 0.3) is 10.2 Å². The fraction of sp³-hybridized carbons (Fsp3) is 0.409. The van der Waals surface area contributed by atoms with E-state index < -0.39 is 0 Å². The molecule has 2 aliphatic heterocycles. The molecule has 8 heteroatoms. The second-order valence-corrected chi connectivity index (χ2v) is 8.71. The van der Waals surface area contributed by atoms with Gasteiger partial charge in [-0.15, -0.1) is 11.3 Å². The molecule has 0 atom stereocenters. The van der Waals surface area contributed by atoms with Crippen LogP contribution < -0.4 is 19.7 Å². The van der Waals surface area contributed by atoms with E-state index in [-0.39, 0.29) is 11.8 Å². The summed E-state index contributed by atoms with van der Waals surface area (Å²) in [4.78, 5) is 26.4. The van der Waals surface area contributed by atoms with Gasteiger partial charge in [0.05, 0.1) is 5.39 Å². The van der Waals surface area contributed by atoms with Crippen LogP contribution in [0.3, 0.4) is 0 Å². The first-order valence-corrected chi connectivity index (χ1v) is 11.2. The molecule has 1 aromatic carbocycles. The molecule has 7 nitrogen and oxygen atoms in total. The summed E-state index contributed by atoms with van der Waals surface area (Å²) in [5, 5.41) is 4.16. The minimum atomic E-state index is -0.0135. The van der Waals surface area contributed by atoms with E-state index >= 15 is 0 Å². The maximum atomic E-state index is 12.8. The lowest BCUT2D eigenvalue weighted by atomic mass is 9.95. The number of anilines is 2. The van der Waals surface area contributed by atoms with E-state index in [1.807, 2.05) is 18.2 Å². The molecule has 5 rings (SSSR count). The van der Waals surface area contributed by atoms with Crippen LogP contribution in [0, 0.1) is 5.92 Å². The molecule has 156 valence electrons. The van der Waals surface area contributed by atoms with E-state index in [2.05, 4.69) is 33.2 Å². The van der Waals surface area contributed by atoms with Crippen LogP contribution in [-0.4, -0.2) is 42.2 Å². The number of carbonyl (C=O) groups is 1. The molecule has 3 aromatic rings. The predicted octanol–water partition coefficient (Wildman–Crippen LogP) is 3.88. The summed E-state index contributed by atoms with van der Waals surface area (Å²) in [6.45, 7) is 4.86. The normalized spacial score (nSPS) is 16.6. The van der Waals surface area contributed by atoms with Crippen LogP contribution in [0.4, 0.5) is 11.5 Å². The first kappa shape index (κ1) is 19.1. The molecule has 0 spiro atoms. The van der Waals surface area contributed by atoms with Crippen molar-refractivity contribution >= 4 is 39.0 Å². The van der Waals surface area contributed by atoms with Crippen molar-refractivity contribution in [2.45, 2.75) is 26.2 Å². The number of nitrogens with one attached hydrogen (secondary N) is 1. The summed E-state index contributed by atoms with van der Waals surface area (Å²) in [7, 11) is 0. The summed E-state index contributed by atoms with van der Waals surface area (Å²) in [5.74, 6) is 2.44. The average Bonchev–Trinajstić information content (AvgIpc) is 3.23. The molecule has 30 heavy (non-hydrogen) atoms. The molecule has 0 aliphatic carbocycles. The fourth-order valence-corrected chi connectivity index (χ4v) is 4.97. The highest BCUT2D eigenvalue weighted by atomic mass is 32.1. The standard InChI is InChI=1S/C22H24N4O3S/c1-2-16-12-17-20(23-13-24-22(17)30-16)26-7-5-14(6-8-26)21(27)25-15-3-4-18-19(11-15)29-10-9-28-18/h3-4,11-14H,2,5-10H2,1H3,(H,25,27). The number of hydrogen-bond acceptors (Lipinski definition) is 7. The Morgan fingerprint density at radius 3 is 2.77 bits per heavy atom. The van der Waals surface area contributed by atoms with Crippen molar-refractivity contribution < 1.29 is 14.3 Å². The first-order valence-electron chi connectivity index (χ1n) is 10.4. The average molecular weight is 425 g/mol. The second kappa shape index (κ2) is 8.10. The van der Waals surface area contributed by atoms with Crippen LogP contribution in [0.1, 0.15) is 24.6 Å². The predicted molar refractivity (Wildman–Crippen MR) is 118 cm³/mol. The van der Waals surface area contributed by atoms with Gasteiger partial charge in [0.2, 0.25) is 5.91 Å². The summed E-state index contributed by atoms with van der Waals surface area (Å²) in [5.41, 5.74) is 0.745. The van der Waals surface area contributed by atoms with Gasteiger partial charge in [-0.05, 0) is 37.5 Å². The lowest BCUT2D eigenvalue weighted by molar-refractivity contribution is -0.120. The minimum Gasteiger partial charge on any atom is -0.486 e. The van der Waals surface area contributed by atoms with E-state index in [9.17, 15) is 4.79 Å². The highest BCUT2D eigenvalue weighted by Gasteiger charge is 2.27.